The van der Waals surface area contributed by atoms with E-state index in [0.29, 0.717) is 37.4 Å². The highest BCUT2D eigenvalue weighted by Gasteiger charge is 2.39. The van der Waals surface area contributed by atoms with Gasteiger partial charge in [0.2, 0.25) is 0 Å². The molecule has 160 valence electrons. The molecular weight excluding hydrogens is 408 g/mol. The summed E-state index contributed by atoms with van der Waals surface area (Å²) in [6.07, 6.45) is 2.73. The Morgan fingerprint density at radius 2 is 1.74 bits per heavy atom. The molecule has 1 aliphatic heterocycles. The largest absolute Gasteiger partial charge is 0.381 e. The summed E-state index contributed by atoms with van der Waals surface area (Å²) in [4.78, 5) is 28.6. The average Bonchev–Trinajstić information content (AvgIpc) is 3.39. The summed E-state index contributed by atoms with van der Waals surface area (Å²) in [5.74, 6) is -0.529. The van der Waals surface area contributed by atoms with Gasteiger partial charge in [-0.25, -0.2) is 0 Å². The molecule has 0 fully saturated rings. The number of hydrogen-bond acceptors (Lipinski definition) is 5. The number of nitrogens with one attached hydrogen (secondary N) is 1. The van der Waals surface area contributed by atoms with E-state index in [1.165, 1.54) is 16.2 Å². The molecular formula is C25H26N2O3S. The quantitative estimate of drug-likeness (QED) is 0.347. The minimum absolute atomic E-state index is 0.247. The van der Waals surface area contributed by atoms with E-state index in [2.05, 4.69) is 12.2 Å². The highest BCUT2D eigenvalue weighted by Crippen LogP contribution is 2.34. The number of unbranched alkanes of at least 4 members (excludes halogenated alkanes) is 1. The van der Waals surface area contributed by atoms with Gasteiger partial charge in [-0.2, -0.15) is 0 Å². The molecule has 0 saturated heterocycles. The molecule has 0 atom stereocenters. The van der Waals surface area contributed by atoms with Gasteiger partial charge in [0.25, 0.3) is 11.8 Å². The Kier molecular flexibility index (Phi) is 6.79. The second-order valence-electron chi connectivity index (χ2n) is 7.46. The van der Waals surface area contributed by atoms with E-state index in [0.717, 1.165) is 34.2 Å². The lowest BCUT2D eigenvalue weighted by Gasteiger charge is -2.15. The fraction of sp³-hybridized carbons (Fsp3) is 0.280. The lowest BCUT2D eigenvalue weighted by Crippen LogP contribution is -2.34. The molecule has 0 aliphatic carbocycles. The van der Waals surface area contributed by atoms with Gasteiger partial charge in [0, 0.05) is 35.7 Å². The fourth-order valence-corrected chi connectivity index (χ4v) is 4.45. The Labute approximate surface area is 186 Å². The Balaban J connectivity index is 1.59. The molecule has 5 nitrogen and oxygen atoms in total. The number of hydrogen-bond donors (Lipinski definition) is 1. The van der Waals surface area contributed by atoms with Gasteiger partial charge < -0.3 is 10.1 Å². The number of carbonyl (C=O) groups is 2. The Bertz CT molecular complexity index is 1100. The lowest BCUT2D eigenvalue weighted by molar-refractivity contribution is -0.137. The summed E-state index contributed by atoms with van der Waals surface area (Å²) in [7, 11) is 0. The van der Waals surface area contributed by atoms with E-state index in [4.69, 9.17) is 4.74 Å². The van der Waals surface area contributed by atoms with Crippen LogP contribution in [0.3, 0.4) is 0 Å². The maximum absolute atomic E-state index is 13.3. The van der Waals surface area contributed by atoms with Crippen LogP contribution in [-0.2, 0) is 14.3 Å². The molecule has 1 N–H and O–H groups in total. The van der Waals surface area contributed by atoms with Crippen LogP contribution in [0.4, 0.5) is 5.69 Å². The van der Waals surface area contributed by atoms with Crippen molar-refractivity contribution in [3.63, 3.8) is 0 Å². The number of thiophene rings is 1. The molecule has 4 rings (SSSR count). The zero-order valence-corrected chi connectivity index (χ0v) is 18.4. The molecule has 1 aliphatic rings. The molecule has 31 heavy (non-hydrogen) atoms. The lowest BCUT2D eigenvalue weighted by atomic mass is 10.1. The standard InChI is InChI=1S/C25H26N2O3S/c1-2-3-15-30-16-8-14-27-24(28)22(21-13-7-17-31-21)23(25(27)29)26-20-12-6-10-18-9-4-5-11-19(18)20/h4-7,9-13,17,26H,2-3,8,14-16H2,1H3. The molecule has 3 aromatic rings. The van der Waals surface area contributed by atoms with Crippen LogP contribution in [0.25, 0.3) is 16.3 Å². The molecule has 0 radical (unpaired) electrons. The van der Waals surface area contributed by atoms with Gasteiger partial charge in [-0.05, 0) is 35.7 Å². The normalized spacial score (nSPS) is 14.2. The van der Waals surface area contributed by atoms with E-state index in [-0.39, 0.29) is 11.8 Å². The predicted octanol–water partition coefficient (Wildman–Crippen LogP) is 5.30. The third-order valence-electron chi connectivity index (χ3n) is 5.30. The van der Waals surface area contributed by atoms with Gasteiger partial charge in [0.05, 0.1) is 5.57 Å². The van der Waals surface area contributed by atoms with Crippen LogP contribution in [0.5, 0.6) is 0 Å². The van der Waals surface area contributed by atoms with Crippen molar-refractivity contribution in [2.24, 2.45) is 0 Å². The van der Waals surface area contributed by atoms with Crippen molar-refractivity contribution in [1.29, 1.82) is 0 Å². The second kappa shape index (κ2) is 9.90. The highest BCUT2D eigenvalue weighted by molar-refractivity contribution is 7.11. The number of fused-ring (bicyclic) bond motifs is 1. The first-order valence-electron chi connectivity index (χ1n) is 10.7. The minimum atomic E-state index is -0.283. The molecule has 0 unspecified atom stereocenters. The van der Waals surface area contributed by atoms with E-state index in [1.807, 2.05) is 60.0 Å². The number of rotatable bonds is 10. The number of carbonyl (C=O) groups excluding carboxylic acids is 2. The first kappa shape index (κ1) is 21.3. The van der Waals surface area contributed by atoms with Gasteiger partial charge in [-0.3, -0.25) is 14.5 Å². The number of ether oxygens (including phenoxy) is 1. The van der Waals surface area contributed by atoms with Crippen molar-refractivity contribution in [3.05, 3.63) is 70.6 Å². The number of amides is 2. The smallest absolute Gasteiger partial charge is 0.278 e. The Morgan fingerprint density at radius 3 is 2.55 bits per heavy atom. The van der Waals surface area contributed by atoms with E-state index < -0.39 is 0 Å². The van der Waals surface area contributed by atoms with Gasteiger partial charge in [0.15, 0.2) is 0 Å². The number of anilines is 1. The summed E-state index contributed by atoms with van der Waals surface area (Å²) in [5.41, 5.74) is 1.60. The van der Waals surface area contributed by atoms with Crippen LogP contribution >= 0.6 is 11.3 Å². The Morgan fingerprint density at radius 1 is 0.935 bits per heavy atom. The predicted molar refractivity (Wildman–Crippen MR) is 126 cm³/mol. The van der Waals surface area contributed by atoms with Crippen LogP contribution in [0.15, 0.2) is 65.7 Å². The average molecular weight is 435 g/mol. The van der Waals surface area contributed by atoms with Crippen LogP contribution in [0, 0.1) is 0 Å². The SMILES string of the molecule is CCCCOCCCN1C(=O)C(Nc2cccc3ccccc23)=C(c2cccs2)C1=O. The summed E-state index contributed by atoms with van der Waals surface area (Å²) in [6, 6.07) is 17.7. The molecule has 6 heteroatoms. The van der Waals surface area contributed by atoms with Crippen molar-refractivity contribution in [2.75, 3.05) is 25.1 Å². The first-order valence-corrected chi connectivity index (χ1v) is 11.6. The van der Waals surface area contributed by atoms with E-state index in [9.17, 15) is 9.59 Å². The van der Waals surface area contributed by atoms with Crippen LogP contribution in [0.1, 0.15) is 31.1 Å². The van der Waals surface area contributed by atoms with Crippen molar-refractivity contribution < 1.29 is 14.3 Å². The monoisotopic (exact) mass is 434 g/mol. The molecule has 0 spiro atoms. The van der Waals surface area contributed by atoms with Crippen LogP contribution in [0.2, 0.25) is 0 Å². The molecule has 2 aromatic carbocycles. The van der Waals surface area contributed by atoms with Crippen LogP contribution in [-0.4, -0.2) is 36.5 Å². The van der Waals surface area contributed by atoms with Crippen molar-refractivity contribution in [1.82, 2.24) is 4.90 Å². The topological polar surface area (TPSA) is 58.6 Å². The Hall–Kier alpha value is -2.96. The maximum Gasteiger partial charge on any atom is 0.278 e. The zero-order valence-electron chi connectivity index (χ0n) is 17.6. The molecule has 0 saturated carbocycles. The molecule has 2 heterocycles. The van der Waals surface area contributed by atoms with E-state index in [1.54, 1.807) is 0 Å². The van der Waals surface area contributed by atoms with Gasteiger partial charge in [-0.1, -0.05) is 55.8 Å². The van der Waals surface area contributed by atoms with Gasteiger partial charge in [-0.15, -0.1) is 11.3 Å². The summed E-state index contributed by atoms with van der Waals surface area (Å²) >= 11 is 1.46. The fourth-order valence-electron chi connectivity index (χ4n) is 3.69. The summed E-state index contributed by atoms with van der Waals surface area (Å²) < 4.78 is 5.60. The highest BCUT2D eigenvalue weighted by atomic mass is 32.1. The third kappa shape index (κ3) is 4.55. The third-order valence-corrected chi connectivity index (χ3v) is 6.18. The van der Waals surface area contributed by atoms with Crippen LogP contribution < -0.4 is 5.32 Å². The zero-order chi connectivity index (χ0) is 21.6. The number of benzene rings is 2. The molecule has 2 amide bonds. The summed E-state index contributed by atoms with van der Waals surface area (Å²) in [5, 5.41) is 7.29. The first-order chi connectivity index (χ1) is 15.2. The molecule has 0 bridgehead atoms. The van der Waals surface area contributed by atoms with Crippen molar-refractivity contribution in [2.45, 2.75) is 26.2 Å². The van der Waals surface area contributed by atoms with Gasteiger partial charge >= 0.3 is 0 Å². The summed E-state index contributed by atoms with van der Waals surface area (Å²) in [6.45, 7) is 3.72. The number of nitrogens with zero attached hydrogens (tertiary/aromatic N) is 1. The van der Waals surface area contributed by atoms with Crippen molar-refractivity contribution >= 4 is 45.2 Å². The molecule has 1 aromatic heterocycles. The second-order valence-corrected chi connectivity index (χ2v) is 8.41. The van der Waals surface area contributed by atoms with Gasteiger partial charge in [0.1, 0.15) is 5.70 Å². The minimum Gasteiger partial charge on any atom is -0.381 e. The van der Waals surface area contributed by atoms with Crippen molar-refractivity contribution in [3.8, 4) is 0 Å². The maximum atomic E-state index is 13.3. The van der Waals surface area contributed by atoms with E-state index >= 15 is 0 Å². The number of imide groups is 1.